The zero-order chi connectivity index (χ0) is 31.1. The summed E-state index contributed by atoms with van der Waals surface area (Å²) < 4.78 is 28.5. The minimum atomic E-state index is -3.70. The molecular formula is C34H28Cl2N2O4S2. The van der Waals surface area contributed by atoms with Crippen molar-refractivity contribution in [2.45, 2.75) is 22.3 Å². The average Bonchev–Trinajstić information content (AvgIpc) is 3.02. The van der Waals surface area contributed by atoms with E-state index < -0.39 is 16.0 Å². The summed E-state index contributed by atoms with van der Waals surface area (Å²) in [5.41, 5.74) is 4.86. The predicted molar refractivity (Wildman–Crippen MR) is 181 cm³/mol. The number of benzene rings is 4. The van der Waals surface area contributed by atoms with E-state index in [-0.39, 0.29) is 22.3 Å². The molecule has 1 aromatic heterocycles. The van der Waals surface area contributed by atoms with Crippen LogP contribution in [0.25, 0.3) is 23.1 Å². The quantitative estimate of drug-likeness (QED) is 0.139. The van der Waals surface area contributed by atoms with Gasteiger partial charge in [0, 0.05) is 33.0 Å². The molecule has 1 heterocycles. The number of carboxylic acid groups (broad SMARTS) is 1. The van der Waals surface area contributed by atoms with Gasteiger partial charge >= 0.3 is 5.97 Å². The zero-order valence-corrected chi connectivity index (χ0v) is 26.5. The third-order valence-corrected chi connectivity index (χ3v) is 10.3. The number of halogens is 2. The number of thioether (sulfide) groups is 1. The van der Waals surface area contributed by atoms with E-state index in [1.165, 1.54) is 12.1 Å². The van der Waals surface area contributed by atoms with Gasteiger partial charge in [-0.2, -0.15) is 0 Å². The van der Waals surface area contributed by atoms with Crippen LogP contribution in [0.5, 0.6) is 0 Å². The molecule has 0 fully saturated rings. The van der Waals surface area contributed by atoms with Gasteiger partial charge in [0.15, 0.2) is 0 Å². The molecule has 0 amide bonds. The van der Waals surface area contributed by atoms with E-state index in [0.717, 1.165) is 33.3 Å². The number of pyridine rings is 1. The molecule has 0 aliphatic rings. The van der Waals surface area contributed by atoms with Crippen LogP contribution in [0.4, 0.5) is 0 Å². The van der Waals surface area contributed by atoms with Crippen LogP contribution in [0.1, 0.15) is 44.4 Å². The van der Waals surface area contributed by atoms with Crippen LogP contribution in [0.3, 0.4) is 0 Å². The first-order chi connectivity index (χ1) is 21.2. The Hall–Kier alpha value is -3.66. The Morgan fingerprint density at radius 1 is 0.886 bits per heavy atom. The summed E-state index contributed by atoms with van der Waals surface area (Å²) in [7, 11) is -3.70. The van der Waals surface area contributed by atoms with Gasteiger partial charge < -0.3 is 5.11 Å². The highest BCUT2D eigenvalue weighted by Crippen LogP contribution is 2.35. The van der Waals surface area contributed by atoms with Crippen molar-refractivity contribution in [3.63, 3.8) is 0 Å². The number of aromatic nitrogens is 1. The fraction of sp³-hybridized carbons (Fsp3) is 0.118. The minimum absolute atomic E-state index is 0.0450. The molecule has 5 rings (SSSR count). The molecule has 0 bridgehead atoms. The maximum absolute atomic E-state index is 12.9. The first kappa shape index (κ1) is 31.8. The number of nitrogens with one attached hydrogen (secondary N) is 1. The maximum Gasteiger partial charge on any atom is 0.335 e. The number of fused-ring (bicyclic) bond motifs is 1. The molecule has 2 N–H and O–H groups in total. The number of hydrogen-bond donors (Lipinski definition) is 2. The monoisotopic (exact) mass is 662 g/mol. The van der Waals surface area contributed by atoms with E-state index in [0.29, 0.717) is 22.2 Å². The van der Waals surface area contributed by atoms with E-state index in [4.69, 9.17) is 28.2 Å². The predicted octanol–water partition coefficient (Wildman–Crippen LogP) is 8.75. The Kier molecular flexibility index (Phi) is 10.4. The fourth-order valence-electron chi connectivity index (χ4n) is 4.55. The van der Waals surface area contributed by atoms with E-state index in [2.05, 4.69) is 10.8 Å². The topological polar surface area (TPSA) is 96.4 Å². The second-order valence-corrected chi connectivity index (χ2v) is 13.8. The SMILES string of the molecule is O=C(O)c1ccc(CSC(CCNS(=O)(=O)c2ccc(Cl)cc2)c2cccc(/C=C/c3ccc4ccc(Cl)cc4n3)c2)cc1. The number of rotatable bonds is 12. The number of aromatic carboxylic acids is 1. The summed E-state index contributed by atoms with van der Waals surface area (Å²) in [6.45, 7) is 0.226. The maximum atomic E-state index is 12.9. The lowest BCUT2D eigenvalue weighted by atomic mass is 10.1. The van der Waals surface area contributed by atoms with Gasteiger partial charge in [-0.25, -0.2) is 22.9 Å². The lowest BCUT2D eigenvalue weighted by Gasteiger charge is -2.18. The molecule has 44 heavy (non-hydrogen) atoms. The summed E-state index contributed by atoms with van der Waals surface area (Å²) in [6.07, 6.45) is 4.48. The zero-order valence-electron chi connectivity index (χ0n) is 23.4. The molecule has 5 aromatic rings. The highest BCUT2D eigenvalue weighted by atomic mass is 35.5. The van der Waals surface area contributed by atoms with Crippen molar-refractivity contribution >= 4 is 74.0 Å². The second-order valence-electron chi connectivity index (χ2n) is 10.0. The number of sulfonamides is 1. The molecule has 0 spiro atoms. The summed E-state index contributed by atoms with van der Waals surface area (Å²) in [5.74, 6) is -0.347. The lowest BCUT2D eigenvalue weighted by molar-refractivity contribution is 0.0697. The van der Waals surface area contributed by atoms with Crippen molar-refractivity contribution in [3.8, 4) is 0 Å². The van der Waals surface area contributed by atoms with Crippen LogP contribution in [0.2, 0.25) is 10.0 Å². The van der Waals surface area contributed by atoms with Gasteiger partial charge in [-0.05, 0) is 83.8 Å². The van der Waals surface area contributed by atoms with Gasteiger partial charge in [0.05, 0.1) is 21.7 Å². The van der Waals surface area contributed by atoms with E-state index in [1.54, 1.807) is 48.2 Å². The Bertz CT molecular complexity index is 1910. The molecule has 0 radical (unpaired) electrons. The second kappa shape index (κ2) is 14.4. The van der Waals surface area contributed by atoms with Crippen LogP contribution < -0.4 is 4.72 Å². The molecule has 0 saturated heterocycles. The Morgan fingerprint density at radius 2 is 1.61 bits per heavy atom. The summed E-state index contributed by atoms with van der Waals surface area (Å²) in [4.78, 5) is 16.1. The van der Waals surface area contributed by atoms with Gasteiger partial charge in [0.2, 0.25) is 10.0 Å². The third-order valence-electron chi connectivity index (χ3n) is 6.88. The van der Waals surface area contributed by atoms with Crippen molar-refractivity contribution in [2.75, 3.05) is 6.54 Å². The molecule has 0 aliphatic carbocycles. The average molecular weight is 664 g/mol. The molecule has 10 heteroatoms. The third kappa shape index (κ3) is 8.49. The van der Waals surface area contributed by atoms with E-state index in [1.807, 2.05) is 60.7 Å². The molecular weight excluding hydrogens is 635 g/mol. The van der Waals surface area contributed by atoms with Crippen LogP contribution in [-0.2, 0) is 15.8 Å². The van der Waals surface area contributed by atoms with Crippen LogP contribution in [0.15, 0.2) is 108 Å². The van der Waals surface area contributed by atoms with Crippen LogP contribution in [-0.4, -0.2) is 31.0 Å². The number of carboxylic acids is 1. The Morgan fingerprint density at radius 3 is 2.36 bits per heavy atom. The largest absolute Gasteiger partial charge is 0.478 e. The fourth-order valence-corrected chi connectivity index (χ4v) is 7.10. The Balaban J connectivity index is 1.33. The van der Waals surface area contributed by atoms with Gasteiger partial charge in [0.25, 0.3) is 0 Å². The van der Waals surface area contributed by atoms with Crippen molar-refractivity contribution in [2.24, 2.45) is 0 Å². The van der Waals surface area contributed by atoms with Crippen molar-refractivity contribution < 1.29 is 18.3 Å². The van der Waals surface area contributed by atoms with Crippen molar-refractivity contribution in [1.82, 2.24) is 9.71 Å². The van der Waals surface area contributed by atoms with E-state index >= 15 is 0 Å². The first-order valence-corrected chi connectivity index (χ1v) is 17.0. The smallest absolute Gasteiger partial charge is 0.335 e. The van der Waals surface area contributed by atoms with E-state index in [9.17, 15) is 18.3 Å². The number of carbonyl (C=O) groups is 1. The van der Waals surface area contributed by atoms with Crippen molar-refractivity contribution in [3.05, 3.63) is 141 Å². The normalized spacial score (nSPS) is 12.5. The highest BCUT2D eigenvalue weighted by molar-refractivity contribution is 7.98. The van der Waals surface area contributed by atoms with Crippen LogP contribution >= 0.6 is 35.0 Å². The van der Waals surface area contributed by atoms with Gasteiger partial charge in [-0.15, -0.1) is 11.8 Å². The Labute approximate surface area is 270 Å². The summed E-state index contributed by atoms with van der Waals surface area (Å²) >= 11 is 13.7. The highest BCUT2D eigenvalue weighted by Gasteiger charge is 2.17. The summed E-state index contributed by atoms with van der Waals surface area (Å²) in [6, 6.07) is 30.5. The van der Waals surface area contributed by atoms with Gasteiger partial charge in [-0.1, -0.05) is 77.8 Å². The first-order valence-electron chi connectivity index (χ1n) is 13.7. The molecule has 0 saturated carbocycles. The minimum Gasteiger partial charge on any atom is -0.478 e. The van der Waals surface area contributed by atoms with Crippen LogP contribution in [0, 0.1) is 0 Å². The lowest BCUT2D eigenvalue weighted by Crippen LogP contribution is -2.25. The van der Waals surface area contributed by atoms with Crippen molar-refractivity contribution in [1.29, 1.82) is 0 Å². The number of nitrogens with zero attached hydrogens (tertiary/aromatic N) is 1. The van der Waals surface area contributed by atoms with Gasteiger partial charge in [0.1, 0.15) is 0 Å². The van der Waals surface area contributed by atoms with Gasteiger partial charge in [-0.3, -0.25) is 0 Å². The molecule has 1 atom stereocenters. The molecule has 6 nitrogen and oxygen atoms in total. The number of hydrogen-bond acceptors (Lipinski definition) is 5. The summed E-state index contributed by atoms with van der Waals surface area (Å²) in [5, 5.41) is 11.3. The molecule has 1 unspecified atom stereocenters. The molecule has 0 aliphatic heterocycles. The molecule has 224 valence electrons. The standard InChI is InChI=1S/C34H28Cl2N2O4S2/c35-28-12-16-31(17-13-28)44(41,42)37-19-18-33(43-22-24-4-7-26(8-5-24)34(39)40)27-3-1-2-23(20-27)6-14-30-15-10-25-9-11-29(36)21-32(25)38-30/h1-17,20-21,33,37H,18-19,22H2,(H,39,40)/b14-6+. The molecule has 4 aromatic carbocycles.